The first-order valence-corrected chi connectivity index (χ1v) is 5.80. The number of hydrogen-bond acceptors (Lipinski definition) is 3. The molecule has 0 unspecified atom stereocenters. The van der Waals surface area contributed by atoms with Crippen LogP contribution in [0.4, 0.5) is 10.2 Å². The Morgan fingerprint density at radius 1 is 1.50 bits per heavy atom. The third-order valence-electron chi connectivity index (χ3n) is 2.48. The third-order valence-corrected chi connectivity index (χ3v) is 2.48. The van der Waals surface area contributed by atoms with Gasteiger partial charge in [0.25, 0.3) is 5.91 Å². The molecule has 2 N–H and O–H groups in total. The number of hydrogen-bond donors (Lipinski definition) is 2. The summed E-state index contributed by atoms with van der Waals surface area (Å²) in [6.07, 6.45) is 1.69. The number of nitrogens with one attached hydrogen (secondary N) is 1. The van der Waals surface area contributed by atoms with Crippen LogP contribution >= 0.6 is 0 Å². The molecular weight excluding hydrogens is 261 g/mol. The van der Waals surface area contributed by atoms with E-state index < -0.39 is 11.7 Å². The van der Waals surface area contributed by atoms with Gasteiger partial charge >= 0.3 is 0 Å². The molecular formula is C14H12FN3O2. The van der Waals surface area contributed by atoms with E-state index in [1.165, 1.54) is 12.1 Å². The first-order chi connectivity index (χ1) is 9.60. The van der Waals surface area contributed by atoms with E-state index in [-0.39, 0.29) is 17.7 Å². The van der Waals surface area contributed by atoms with Crippen LogP contribution in [0.3, 0.4) is 0 Å². The Morgan fingerprint density at radius 2 is 2.30 bits per heavy atom. The molecule has 102 valence electrons. The lowest BCUT2D eigenvalue weighted by Crippen LogP contribution is -2.14. The van der Waals surface area contributed by atoms with Crippen molar-refractivity contribution in [2.24, 2.45) is 7.05 Å². The number of aliphatic hydroxyl groups excluding tert-OH is 1. The summed E-state index contributed by atoms with van der Waals surface area (Å²) in [4.78, 5) is 12.1. The number of amides is 1. The van der Waals surface area contributed by atoms with Crippen molar-refractivity contribution in [1.29, 1.82) is 0 Å². The molecule has 0 aliphatic rings. The van der Waals surface area contributed by atoms with E-state index in [2.05, 4.69) is 22.3 Å². The Kier molecular flexibility index (Phi) is 4.13. The topological polar surface area (TPSA) is 67.2 Å². The van der Waals surface area contributed by atoms with Crippen molar-refractivity contribution in [2.75, 3.05) is 11.9 Å². The van der Waals surface area contributed by atoms with Crippen molar-refractivity contribution in [3.63, 3.8) is 0 Å². The lowest BCUT2D eigenvalue weighted by Gasteiger charge is -2.05. The maximum atomic E-state index is 13.2. The second kappa shape index (κ2) is 5.99. The van der Waals surface area contributed by atoms with Crippen molar-refractivity contribution < 1.29 is 14.3 Å². The van der Waals surface area contributed by atoms with Gasteiger partial charge in [0.15, 0.2) is 5.82 Å². The molecule has 1 aromatic carbocycles. The molecule has 0 atom stereocenters. The summed E-state index contributed by atoms with van der Waals surface area (Å²) in [6, 6.07) is 5.31. The number of anilines is 1. The summed E-state index contributed by atoms with van der Waals surface area (Å²) in [5.41, 5.74) is 0.436. The summed E-state index contributed by atoms with van der Waals surface area (Å²) < 4.78 is 14.7. The van der Waals surface area contributed by atoms with Gasteiger partial charge in [-0.3, -0.25) is 9.48 Å². The van der Waals surface area contributed by atoms with Crippen molar-refractivity contribution in [3.8, 4) is 11.8 Å². The maximum absolute atomic E-state index is 13.2. The van der Waals surface area contributed by atoms with Crippen LogP contribution in [0.5, 0.6) is 0 Å². The smallest absolute Gasteiger partial charge is 0.258 e. The molecule has 0 aliphatic carbocycles. The van der Waals surface area contributed by atoms with Crippen molar-refractivity contribution in [1.82, 2.24) is 9.78 Å². The Balaban J connectivity index is 2.29. The predicted octanol–water partition coefficient (Wildman–Crippen LogP) is 1.16. The summed E-state index contributed by atoms with van der Waals surface area (Å²) >= 11 is 0. The molecule has 0 saturated carbocycles. The lowest BCUT2D eigenvalue weighted by molar-refractivity contribution is 0.102. The highest BCUT2D eigenvalue weighted by atomic mass is 19.1. The highest BCUT2D eigenvalue weighted by Gasteiger charge is 2.12. The molecule has 0 spiro atoms. The number of carbonyl (C=O) groups is 1. The second-order valence-corrected chi connectivity index (χ2v) is 3.98. The second-order valence-electron chi connectivity index (χ2n) is 3.98. The Labute approximate surface area is 115 Å². The van der Waals surface area contributed by atoms with Crippen LogP contribution in [0, 0.1) is 17.7 Å². The molecule has 0 bridgehead atoms. The van der Waals surface area contributed by atoms with Gasteiger partial charge in [0.05, 0.1) is 5.56 Å². The van der Waals surface area contributed by atoms with Gasteiger partial charge in [-0.2, -0.15) is 5.10 Å². The first-order valence-electron chi connectivity index (χ1n) is 5.80. The van der Waals surface area contributed by atoms with E-state index >= 15 is 0 Å². The molecule has 20 heavy (non-hydrogen) atoms. The van der Waals surface area contributed by atoms with Crippen molar-refractivity contribution >= 4 is 11.7 Å². The number of aryl methyl sites for hydroxylation is 1. The number of carbonyl (C=O) groups excluding carboxylic acids is 1. The van der Waals surface area contributed by atoms with Gasteiger partial charge in [0, 0.05) is 24.9 Å². The molecule has 2 rings (SSSR count). The third kappa shape index (κ3) is 3.22. The number of aliphatic hydroxyl groups is 1. The molecule has 0 aliphatic heterocycles. The molecule has 2 aromatic rings. The van der Waals surface area contributed by atoms with Crippen LogP contribution in [0.2, 0.25) is 0 Å². The van der Waals surface area contributed by atoms with E-state index in [1.807, 2.05) is 0 Å². The number of benzene rings is 1. The average molecular weight is 273 g/mol. The van der Waals surface area contributed by atoms with E-state index in [4.69, 9.17) is 5.11 Å². The van der Waals surface area contributed by atoms with Crippen LogP contribution < -0.4 is 5.32 Å². The van der Waals surface area contributed by atoms with Gasteiger partial charge in [-0.05, 0) is 18.2 Å². The summed E-state index contributed by atoms with van der Waals surface area (Å²) in [5.74, 6) is 4.40. The average Bonchev–Trinajstić information content (AvgIpc) is 2.81. The minimum Gasteiger partial charge on any atom is -0.384 e. The minimum atomic E-state index is -0.498. The van der Waals surface area contributed by atoms with E-state index in [1.54, 1.807) is 24.0 Å². The van der Waals surface area contributed by atoms with Crippen LogP contribution in [0.15, 0.2) is 30.5 Å². The molecule has 5 nitrogen and oxygen atoms in total. The molecule has 1 amide bonds. The van der Waals surface area contributed by atoms with Gasteiger partial charge in [-0.1, -0.05) is 11.8 Å². The Bertz CT molecular complexity index is 698. The fraction of sp³-hybridized carbons (Fsp3) is 0.143. The Hall–Kier alpha value is -2.65. The van der Waals surface area contributed by atoms with Crippen LogP contribution in [0.1, 0.15) is 15.9 Å². The highest BCUT2D eigenvalue weighted by molar-refractivity contribution is 6.05. The fourth-order valence-electron chi connectivity index (χ4n) is 1.62. The monoisotopic (exact) mass is 273 g/mol. The van der Waals surface area contributed by atoms with Crippen molar-refractivity contribution in [3.05, 3.63) is 47.4 Å². The van der Waals surface area contributed by atoms with Gasteiger partial charge < -0.3 is 10.4 Å². The molecule has 1 heterocycles. The zero-order valence-corrected chi connectivity index (χ0v) is 10.7. The zero-order chi connectivity index (χ0) is 14.5. The summed E-state index contributed by atoms with van der Waals surface area (Å²) in [5, 5.41) is 15.3. The molecule has 6 heteroatoms. The molecule has 0 saturated heterocycles. The van der Waals surface area contributed by atoms with Crippen LogP contribution in [0.25, 0.3) is 0 Å². The van der Waals surface area contributed by atoms with Gasteiger partial charge in [-0.25, -0.2) is 4.39 Å². The van der Waals surface area contributed by atoms with Crippen molar-refractivity contribution in [2.45, 2.75) is 0 Å². The number of nitrogens with zero attached hydrogens (tertiary/aromatic N) is 2. The quantitative estimate of drug-likeness (QED) is 0.807. The number of rotatable bonds is 2. The summed E-state index contributed by atoms with van der Waals surface area (Å²) in [6.45, 7) is -0.363. The molecule has 1 aromatic heterocycles. The maximum Gasteiger partial charge on any atom is 0.258 e. The highest BCUT2D eigenvalue weighted by Crippen LogP contribution is 2.13. The van der Waals surface area contributed by atoms with Crippen LogP contribution in [-0.2, 0) is 7.05 Å². The van der Waals surface area contributed by atoms with E-state index in [9.17, 15) is 9.18 Å². The van der Waals surface area contributed by atoms with E-state index in [0.29, 0.717) is 5.82 Å². The fourth-order valence-corrected chi connectivity index (χ4v) is 1.62. The van der Waals surface area contributed by atoms with E-state index in [0.717, 1.165) is 6.07 Å². The molecule has 0 fully saturated rings. The number of aromatic nitrogens is 2. The zero-order valence-electron chi connectivity index (χ0n) is 10.7. The lowest BCUT2D eigenvalue weighted by atomic mass is 10.1. The minimum absolute atomic E-state index is 0.215. The SMILES string of the molecule is Cn1ccc(NC(=O)c2ccc(F)cc2C#CCO)n1. The van der Waals surface area contributed by atoms with Gasteiger partial charge in [0.1, 0.15) is 12.4 Å². The van der Waals surface area contributed by atoms with Gasteiger partial charge in [-0.15, -0.1) is 0 Å². The number of halogens is 1. The molecule has 0 radical (unpaired) electrons. The first kappa shape index (κ1) is 13.8. The van der Waals surface area contributed by atoms with Gasteiger partial charge in [0.2, 0.25) is 0 Å². The standard InChI is InChI=1S/C14H12FN3O2/c1-18-7-6-13(17-18)16-14(20)12-5-4-11(15)9-10(12)3-2-8-19/h4-7,9,19H,8H2,1H3,(H,16,17,20). The Morgan fingerprint density at radius 3 is 2.95 bits per heavy atom. The summed E-state index contributed by atoms with van der Waals surface area (Å²) in [7, 11) is 1.73. The largest absolute Gasteiger partial charge is 0.384 e. The van der Waals surface area contributed by atoms with Crippen LogP contribution in [-0.4, -0.2) is 27.4 Å². The normalized spacial score (nSPS) is 9.75. The predicted molar refractivity (Wildman–Crippen MR) is 71.5 cm³/mol.